The number of amides is 2. The molecule has 0 bridgehead atoms. The Labute approximate surface area is 116 Å². The number of aromatic hydroxyl groups is 2. The van der Waals surface area contributed by atoms with Gasteiger partial charge in [0.15, 0.2) is 11.8 Å². The van der Waals surface area contributed by atoms with Gasteiger partial charge in [-0.25, -0.2) is 0 Å². The molecular weight excluding hydrogens is 266 g/mol. The van der Waals surface area contributed by atoms with Crippen LogP contribution in [0, 0.1) is 6.92 Å². The third-order valence-corrected chi connectivity index (χ3v) is 2.85. The van der Waals surface area contributed by atoms with Crippen molar-refractivity contribution >= 4 is 11.8 Å². The van der Waals surface area contributed by atoms with Gasteiger partial charge in [0.1, 0.15) is 6.04 Å². The van der Waals surface area contributed by atoms with Crippen LogP contribution in [-0.2, 0) is 9.59 Å². The van der Waals surface area contributed by atoms with Crippen molar-refractivity contribution in [1.29, 1.82) is 0 Å². The number of aliphatic hydroxyl groups is 1. The van der Waals surface area contributed by atoms with E-state index in [1.807, 2.05) is 0 Å². The van der Waals surface area contributed by atoms with Crippen LogP contribution in [0.2, 0.25) is 0 Å². The summed E-state index contributed by atoms with van der Waals surface area (Å²) in [4.78, 5) is 23.5. The molecule has 1 aromatic rings. The molecule has 112 valence electrons. The number of hydrogen-bond donors (Lipinski definition) is 5. The van der Waals surface area contributed by atoms with E-state index in [1.54, 1.807) is 6.92 Å². The quantitative estimate of drug-likeness (QED) is 0.458. The average molecular weight is 285 g/mol. The molecule has 0 aliphatic carbocycles. The largest absolute Gasteiger partial charge is 0.494 e. The number of aromatic nitrogens is 1. The van der Waals surface area contributed by atoms with Crippen LogP contribution in [0.4, 0.5) is 0 Å². The molecule has 1 atom stereocenters. The first-order valence-electron chi connectivity index (χ1n) is 6.11. The summed E-state index contributed by atoms with van der Waals surface area (Å²) in [5.41, 5.74) is 0.396. The predicted octanol–water partition coefficient (Wildman–Crippen LogP) is -1.01. The maximum absolute atomic E-state index is 11.9. The van der Waals surface area contributed by atoms with Crippen LogP contribution in [0.1, 0.15) is 18.0 Å². The van der Waals surface area contributed by atoms with Crippen molar-refractivity contribution in [3.05, 3.63) is 11.6 Å². The van der Waals surface area contributed by atoms with Crippen molar-refractivity contribution < 1.29 is 24.9 Å². The van der Waals surface area contributed by atoms with Crippen LogP contribution in [0.15, 0.2) is 6.07 Å². The zero-order valence-corrected chi connectivity index (χ0v) is 11.4. The van der Waals surface area contributed by atoms with E-state index in [4.69, 9.17) is 5.11 Å². The summed E-state index contributed by atoms with van der Waals surface area (Å²) in [5.74, 6) is -1.57. The maximum atomic E-state index is 11.9. The van der Waals surface area contributed by atoms with E-state index < -0.39 is 17.9 Å². The third kappa shape index (κ3) is 3.41. The van der Waals surface area contributed by atoms with Crippen LogP contribution in [0.25, 0.3) is 0 Å². The van der Waals surface area contributed by atoms with E-state index in [0.717, 1.165) is 4.57 Å². The Morgan fingerprint density at radius 2 is 2.05 bits per heavy atom. The fraction of sp³-hybridized carbons (Fsp3) is 0.500. The van der Waals surface area contributed by atoms with Crippen molar-refractivity contribution in [1.82, 2.24) is 15.2 Å². The highest BCUT2D eigenvalue weighted by Gasteiger charge is 2.28. The standard InChI is InChI=1S/C12H19N3O5/c1-7-5-10(18)15(12(7)20)8(11(19)13-2)6-9(17)14-3-4-16/h5,8,16,18,20H,3-4,6H2,1-2H3,(H,13,19)(H,14,17). The number of carbonyl (C=O) groups is 2. The topological polar surface area (TPSA) is 124 Å². The molecule has 0 aliphatic rings. The molecule has 1 rings (SSSR count). The molecule has 1 unspecified atom stereocenters. The smallest absolute Gasteiger partial charge is 0.243 e. The number of aliphatic hydroxyl groups excluding tert-OH is 1. The Bertz CT molecular complexity index is 498. The summed E-state index contributed by atoms with van der Waals surface area (Å²) in [6, 6.07) is 0.226. The van der Waals surface area contributed by atoms with Crippen molar-refractivity contribution in [2.24, 2.45) is 0 Å². The molecule has 8 heteroatoms. The number of rotatable bonds is 6. The molecule has 0 aromatic carbocycles. The molecule has 20 heavy (non-hydrogen) atoms. The molecule has 5 N–H and O–H groups in total. The molecule has 1 heterocycles. The molecule has 0 spiro atoms. The Balaban J connectivity index is 3.01. The second-order valence-corrected chi connectivity index (χ2v) is 4.29. The fourth-order valence-electron chi connectivity index (χ4n) is 1.84. The minimum Gasteiger partial charge on any atom is -0.494 e. The van der Waals surface area contributed by atoms with Crippen LogP contribution < -0.4 is 10.6 Å². The molecule has 2 amide bonds. The van der Waals surface area contributed by atoms with Gasteiger partial charge in [0, 0.05) is 25.2 Å². The number of carbonyl (C=O) groups excluding carboxylic acids is 2. The summed E-state index contributed by atoms with van der Waals surface area (Å²) in [6.07, 6.45) is -0.269. The highest BCUT2D eigenvalue weighted by atomic mass is 16.3. The van der Waals surface area contributed by atoms with Crippen LogP contribution in [0.5, 0.6) is 11.8 Å². The third-order valence-electron chi connectivity index (χ3n) is 2.85. The number of likely N-dealkylation sites (N-methyl/N-ethyl adjacent to an activating group) is 1. The molecule has 0 fully saturated rings. The molecule has 0 aliphatic heterocycles. The van der Waals surface area contributed by atoms with Crippen molar-refractivity contribution in [2.45, 2.75) is 19.4 Å². The first-order valence-corrected chi connectivity index (χ1v) is 6.11. The normalized spacial score (nSPS) is 11.9. The number of aryl methyl sites for hydroxylation is 1. The summed E-state index contributed by atoms with van der Waals surface area (Å²) < 4.78 is 0.993. The summed E-state index contributed by atoms with van der Waals surface area (Å²) in [6.45, 7) is 1.43. The lowest BCUT2D eigenvalue weighted by atomic mass is 10.1. The molecule has 0 saturated carbocycles. The SMILES string of the molecule is CNC(=O)C(CC(=O)NCCO)n1c(O)cc(C)c1O. The van der Waals surface area contributed by atoms with Crippen molar-refractivity contribution in [3.63, 3.8) is 0 Å². The molecule has 8 nitrogen and oxygen atoms in total. The first kappa shape index (κ1) is 15.8. The highest BCUT2D eigenvalue weighted by molar-refractivity contribution is 5.87. The van der Waals surface area contributed by atoms with Gasteiger partial charge in [0.2, 0.25) is 11.8 Å². The van der Waals surface area contributed by atoms with Gasteiger partial charge < -0.3 is 26.0 Å². The van der Waals surface area contributed by atoms with E-state index in [0.29, 0.717) is 5.56 Å². The van der Waals surface area contributed by atoms with E-state index in [1.165, 1.54) is 13.1 Å². The van der Waals surface area contributed by atoms with E-state index >= 15 is 0 Å². The lowest BCUT2D eigenvalue weighted by Gasteiger charge is -2.19. The zero-order valence-electron chi connectivity index (χ0n) is 11.4. The number of nitrogens with one attached hydrogen (secondary N) is 2. The van der Waals surface area contributed by atoms with Crippen LogP contribution >= 0.6 is 0 Å². The minimum atomic E-state index is -1.08. The molecule has 0 radical (unpaired) electrons. The molecule has 0 saturated heterocycles. The predicted molar refractivity (Wildman–Crippen MR) is 70.3 cm³/mol. The number of hydrogen-bond acceptors (Lipinski definition) is 5. The Morgan fingerprint density at radius 3 is 2.50 bits per heavy atom. The van der Waals surface area contributed by atoms with E-state index in [-0.39, 0.29) is 31.3 Å². The fourth-order valence-corrected chi connectivity index (χ4v) is 1.84. The van der Waals surface area contributed by atoms with Crippen LogP contribution in [0.3, 0.4) is 0 Å². The van der Waals surface area contributed by atoms with Gasteiger partial charge in [0.25, 0.3) is 0 Å². The summed E-state index contributed by atoms with van der Waals surface area (Å²) >= 11 is 0. The van der Waals surface area contributed by atoms with Gasteiger partial charge in [-0.3, -0.25) is 14.2 Å². The van der Waals surface area contributed by atoms with Crippen LogP contribution in [-0.4, -0.2) is 51.9 Å². The van der Waals surface area contributed by atoms with Gasteiger partial charge >= 0.3 is 0 Å². The van der Waals surface area contributed by atoms with Gasteiger partial charge in [0.05, 0.1) is 13.0 Å². The Kier molecular flexibility index (Phi) is 5.39. The first-order chi connectivity index (χ1) is 9.42. The Hall–Kier alpha value is -2.22. The lowest BCUT2D eigenvalue weighted by Crippen LogP contribution is -2.35. The second-order valence-electron chi connectivity index (χ2n) is 4.29. The minimum absolute atomic E-state index is 0.0714. The second kappa shape index (κ2) is 6.80. The Morgan fingerprint density at radius 1 is 1.40 bits per heavy atom. The van der Waals surface area contributed by atoms with Gasteiger partial charge in [-0.1, -0.05) is 0 Å². The highest BCUT2D eigenvalue weighted by Crippen LogP contribution is 2.32. The molecular formula is C12H19N3O5. The maximum Gasteiger partial charge on any atom is 0.243 e. The van der Waals surface area contributed by atoms with E-state index in [9.17, 15) is 19.8 Å². The summed E-state index contributed by atoms with van der Waals surface area (Å²) in [5, 5.41) is 33.1. The van der Waals surface area contributed by atoms with Gasteiger partial charge in [-0.15, -0.1) is 0 Å². The zero-order chi connectivity index (χ0) is 15.3. The van der Waals surface area contributed by atoms with Gasteiger partial charge in [-0.2, -0.15) is 0 Å². The summed E-state index contributed by atoms with van der Waals surface area (Å²) in [7, 11) is 1.39. The van der Waals surface area contributed by atoms with Gasteiger partial charge in [-0.05, 0) is 6.92 Å². The lowest BCUT2D eigenvalue weighted by molar-refractivity contribution is -0.129. The van der Waals surface area contributed by atoms with E-state index in [2.05, 4.69) is 10.6 Å². The van der Waals surface area contributed by atoms with Crippen molar-refractivity contribution in [3.8, 4) is 11.8 Å². The molecule has 1 aromatic heterocycles. The average Bonchev–Trinajstić information content (AvgIpc) is 2.66. The number of nitrogens with zero attached hydrogens (tertiary/aromatic N) is 1. The monoisotopic (exact) mass is 285 g/mol. The van der Waals surface area contributed by atoms with Crippen molar-refractivity contribution in [2.75, 3.05) is 20.2 Å².